The second kappa shape index (κ2) is 6.31. The number of thiophene rings is 1. The molecule has 3 nitrogen and oxygen atoms in total. The number of rotatable bonds is 7. The van der Waals surface area contributed by atoms with Gasteiger partial charge in [0.15, 0.2) is 15.6 Å². The minimum Gasteiger partial charge on any atom is -0.293 e. The van der Waals surface area contributed by atoms with E-state index in [1.165, 1.54) is 11.3 Å². The molecule has 0 radical (unpaired) electrons. The predicted octanol–water partition coefficient (Wildman–Crippen LogP) is 2.92. The average Bonchev–Trinajstić information content (AvgIpc) is 2.80. The molecular weight excluding hydrogens is 256 g/mol. The van der Waals surface area contributed by atoms with Crippen LogP contribution in [0.1, 0.15) is 42.8 Å². The molecule has 0 aliphatic carbocycles. The van der Waals surface area contributed by atoms with Gasteiger partial charge < -0.3 is 0 Å². The van der Waals surface area contributed by atoms with Crippen LogP contribution < -0.4 is 0 Å². The summed E-state index contributed by atoms with van der Waals surface area (Å²) in [5.41, 5.74) is 0. The molecule has 0 spiro atoms. The Morgan fingerprint density at radius 1 is 1.47 bits per heavy atom. The lowest BCUT2D eigenvalue weighted by Crippen LogP contribution is -2.20. The van der Waals surface area contributed by atoms with Crippen LogP contribution in [0.3, 0.4) is 0 Å². The Kier molecular flexibility index (Phi) is 5.33. The number of carbonyl (C=O) groups is 1. The van der Waals surface area contributed by atoms with Crippen molar-refractivity contribution in [3.05, 3.63) is 22.4 Å². The van der Waals surface area contributed by atoms with Crippen molar-refractivity contribution in [1.29, 1.82) is 0 Å². The van der Waals surface area contributed by atoms with E-state index in [0.717, 1.165) is 0 Å². The highest BCUT2D eigenvalue weighted by molar-refractivity contribution is 7.91. The van der Waals surface area contributed by atoms with E-state index < -0.39 is 9.84 Å². The Morgan fingerprint density at radius 3 is 2.71 bits per heavy atom. The number of Topliss-reactive ketones (excluding diaryl/α,β-unsaturated/α-hetero) is 1. The second-order valence-corrected chi connectivity index (χ2v) is 7.58. The van der Waals surface area contributed by atoms with Gasteiger partial charge in [0.1, 0.15) is 0 Å². The lowest BCUT2D eigenvalue weighted by Gasteiger charge is -2.09. The summed E-state index contributed by atoms with van der Waals surface area (Å²) in [6.45, 7) is 3.58. The molecule has 0 saturated carbocycles. The summed E-state index contributed by atoms with van der Waals surface area (Å²) >= 11 is 1.40. The van der Waals surface area contributed by atoms with Crippen LogP contribution in [0.2, 0.25) is 0 Å². The minimum atomic E-state index is -3.02. The lowest BCUT2D eigenvalue weighted by atomic mass is 10.2. The highest BCUT2D eigenvalue weighted by Gasteiger charge is 2.19. The minimum absolute atomic E-state index is 0.0411. The zero-order valence-electron chi connectivity index (χ0n) is 10.2. The summed E-state index contributed by atoms with van der Waals surface area (Å²) in [6.07, 6.45) is 1.36. The molecular formula is C12H18O3S2. The fraction of sp³-hybridized carbons (Fsp3) is 0.583. The first kappa shape index (κ1) is 14.4. The highest BCUT2D eigenvalue weighted by Crippen LogP contribution is 2.14. The second-order valence-electron chi connectivity index (χ2n) is 4.09. The van der Waals surface area contributed by atoms with Gasteiger partial charge in [-0.05, 0) is 31.2 Å². The van der Waals surface area contributed by atoms with Gasteiger partial charge in [-0.25, -0.2) is 8.42 Å². The van der Waals surface area contributed by atoms with Gasteiger partial charge in [0.05, 0.1) is 15.9 Å². The fourth-order valence-electron chi connectivity index (χ4n) is 1.45. The van der Waals surface area contributed by atoms with Crippen LogP contribution in [0.4, 0.5) is 0 Å². The quantitative estimate of drug-likeness (QED) is 0.718. The maximum Gasteiger partial charge on any atom is 0.172 e. The van der Waals surface area contributed by atoms with E-state index in [4.69, 9.17) is 0 Å². The zero-order chi connectivity index (χ0) is 12.9. The molecule has 5 heteroatoms. The predicted molar refractivity (Wildman–Crippen MR) is 71.4 cm³/mol. The molecule has 1 unspecified atom stereocenters. The third kappa shape index (κ3) is 4.24. The number of ketones is 1. The molecule has 0 bridgehead atoms. The van der Waals surface area contributed by atoms with Crippen LogP contribution in [0.5, 0.6) is 0 Å². The lowest BCUT2D eigenvalue weighted by molar-refractivity contribution is 0.0986. The molecule has 0 aliphatic heterocycles. The summed E-state index contributed by atoms with van der Waals surface area (Å²) in [5, 5.41) is 1.54. The zero-order valence-corrected chi connectivity index (χ0v) is 11.8. The van der Waals surface area contributed by atoms with Crippen LogP contribution in [-0.4, -0.2) is 25.2 Å². The van der Waals surface area contributed by atoms with Crippen LogP contribution in [0.15, 0.2) is 17.5 Å². The molecule has 0 fully saturated rings. The van der Waals surface area contributed by atoms with Crippen molar-refractivity contribution in [3.63, 3.8) is 0 Å². The first-order valence-corrected chi connectivity index (χ1v) is 8.35. The van der Waals surface area contributed by atoms with Crippen LogP contribution in [-0.2, 0) is 9.84 Å². The van der Waals surface area contributed by atoms with E-state index in [0.29, 0.717) is 24.1 Å². The molecule has 1 atom stereocenters. The average molecular weight is 274 g/mol. The molecule has 1 aromatic rings. The molecule has 0 amide bonds. The van der Waals surface area contributed by atoms with E-state index in [1.807, 2.05) is 18.4 Å². The molecule has 0 N–H and O–H groups in total. The van der Waals surface area contributed by atoms with Crippen molar-refractivity contribution in [3.8, 4) is 0 Å². The van der Waals surface area contributed by atoms with Crippen LogP contribution >= 0.6 is 11.3 Å². The Balaban J connectivity index is 2.41. The molecule has 0 saturated heterocycles. The topological polar surface area (TPSA) is 51.2 Å². The summed E-state index contributed by atoms with van der Waals surface area (Å²) in [6, 6.07) is 3.60. The molecule has 17 heavy (non-hydrogen) atoms. The first-order valence-electron chi connectivity index (χ1n) is 5.75. The third-order valence-electron chi connectivity index (χ3n) is 2.82. The summed E-state index contributed by atoms with van der Waals surface area (Å²) in [7, 11) is -3.02. The van der Waals surface area contributed by atoms with E-state index in [9.17, 15) is 13.2 Å². The van der Waals surface area contributed by atoms with E-state index in [2.05, 4.69) is 0 Å². The van der Waals surface area contributed by atoms with Crippen LogP contribution in [0, 0.1) is 0 Å². The molecule has 1 aromatic heterocycles. The van der Waals surface area contributed by atoms with Crippen molar-refractivity contribution in [2.75, 3.05) is 5.75 Å². The monoisotopic (exact) mass is 274 g/mol. The van der Waals surface area contributed by atoms with Gasteiger partial charge in [-0.1, -0.05) is 13.0 Å². The van der Waals surface area contributed by atoms with Gasteiger partial charge in [0, 0.05) is 6.42 Å². The number of carbonyl (C=O) groups excluding carboxylic acids is 1. The number of sulfone groups is 1. The van der Waals surface area contributed by atoms with Gasteiger partial charge in [0.25, 0.3) is 0 Å². The van der Waals surface area contributed by atoms with E-state index in [-0.39, 0.29) is 16.8 Å². The van der Waals surface area contributed by atoms with Gasteiger partial charge in [-0.15, -0.1) is 11.3 Å². The maximum atomic E-state index is 11.7. The Labute approximate surface area is 107 Å². The standard InChI is InChI=1S/C12H18O3S2/c1-3-10(2)17(14,15)9-5-6-11(13)12-7-4-8-16-12/h4,7-8,10H,3,5-6,9H2,1-2H3. The molecule has 0 aliphatic rings. The van der Waals surface area contributed by atoms with Crippen molar-refractivity contribution >= 4 is 27.0 Å². The van der Waals surface area contributed by atoms with Gasteiger partial charge in [0.2, 0.25) is 0 Å². The third-order valence-corrected chi connectivity index (χ3v) is 6.14. The maximum absolute atomic E-state index is 11.7. The smallest absolute Gasteiger partial charge is 0.172 e. The largest absolute Gasteiger partial charge is 0.293 e. The normalized spacial score (nSPS) is 13.5. The van der Waals surface area contributed by atoms with Crippen molar-refractivity contribution in [2.45, 2.75) is 38.4 Å². The number of hydrogen-bond donors (Lipinski definition) is 0. The molecule has 1 heterocycles. The van der Waals surface area contributed by atoms with Gasteiger partial charge >= 0.3 is 0 Å². The first-order chi connectivity index (χ1) is 7.97. The Hall–Kier alpha value is -0.680. The molecule has 0 aromatic carbocycles. The summed E-state index contributed by atoms with van der Waals surface area (Å²) < 4.78 is 23.4. The van der Waals surface area contributed by atoms with Crippen LogP contribution in [0.25, 0.3) is 0 Å². The van der Waals surface area contributed by atoms with Gasteiger partial charge in [-0.2, -0.15) is 0 Å². The SMILES string of the molecule is CCC(C)S(=O)(=O)CCCC(=O)c1cccs1. The van der Waals surface area contributed by atoms with Gasteiger partial charge in [-0.3, -0.25) is 4.79 Å². The van der Waals surface area contributed by atoms with Crippen molar-refractivity contribution in [2.24, 2.45) is 0 Å². The van der Waals surface area contributed by atoms with Crippen molar-refractivity contribution in [1.82, 2.24) is 0 Å². The number of hydrogen-bond acceptors (Lipinski definition) is 4. The molecule has 1 rings (SSSR count). The highest BCUT2D eigenvalue weighted by atomic mass is 32.2. The van der Waals surface area contributed by atoms with Crippen molar-refractivity contribution < 1.29 is 13.2 Å². The van der Waals surface area contributed by atoms with E-state index >= 15 is 0 Å². The molecule has 96 valence electrons. The summed E-state index contributed by atoms with van der Waals surface area (Å²) in [4.78, 5) is 12.4. The Morgan fingerprint density at radius 2 is 2.18 bits per heavy atom. The summed E-state index contributed by atoms with van der Waals surface area (Å²) in [5.74, 6) is 0.151. The van der Waals surface area contributed by atoms with E-state index in [1.54, 1.807) is 13.0 Å². The Bertz CT molecular complexity index is 446. The fourth-order valence-corrected chi connectivity index (χ4v) is 3.60.